The molecule has 2 amide bonds. The number of amides is 2. The predicted molar refractivity (Wildman–Crippen MR) is 107 cm³/mol. The van der Waals surface area contributed by atoms with Crippen LogP contribution in [0, 0.1) is 19.8 Å². The maximum absolute atomic E-state index is 12.6. The van der Waals surface area contributed by atoms with E-state index < -0.39 is 0 Å². The van der Waals surface area contributed by atoms with E-state index in [1.54, 1.807) is 0 Å². The lowest BCUT2D eigenvalue weighted by Gasteiger charge is -2.30. The van der Waals surface area contributed by atoms with Crippen LogP contribution in [-0.2, 0) is 24.4 Å². The number of hydrogen-bond acceptors (Lipinski definition) is 3. The number of aryl methyl sites for hydroxylation is 3. The van der Waals surface area contributed by atoms with E-state index in [2.05, 4.69) is 10.4 Å². The molecule has 2 aliphatic rings. The van der Waals surface area contributed by atoms with Gasteiger partial charge in [0.2, 0.25) is 5.91 Å². The molecule has 0 saturated heterocycles. The van der Waals surface area contributed by atoms with Crippen LogP contribution in [0.1, 0.15) is 58.6 Å². The number of carbonyl (C=O) groups is 2. The molecule has 0 bridgehead atoms. The van der Waals surface area contributed by atoms with Gasteiger partial charge in [-0.15, -0.1) is 0 Å². The molecule has 6 heteroatoms. The molecular formula is C22H28N4O2. The molecule has 1 aromatic carbocycles. The van der Waals surface area contributed by atoms with Gasteiger partial charge < -0.3 is 10.2 Å². The van der Waals surface area contributed by atoms with Gasteiger partial charge in [-0.05, 0) is 50.8 Å². The van der Waals surface area contributed by atoms with Crippen molar-refractivity contribution < 1.29 is 9.59 Å². The lowest BCUT2D eigenvalue weighted by molar-refractivity contribution is -0.138. The van der Waals surface area contributed by atoms with Gasteiger partial charge in [0.05, 0.1) is 24.5 Å². The first kappa shape index (κ1) is 18.7. The lowest BCUT2D eigenvalue weighted by Crippen LogP contribution is -2.38. The third kappa shape index (κ3) is 3.81. The Balaban J connectivity index is 1.41. The minimum absolute atomic E-state index is 0.0776. The first-order valence-corrected chi connectivity index (χ1v) is 10.2. The second-order valence-corrected chi connectivity index (χ2v) is 8.09. The fourth-order valence-electron chi connectivity index (χ4n) is 3.96. The summed E-state index contributed by atoms with van der Waals surface area (Å²) >= 11 is 0. The fraction of sp³-hybridized carbons (Fsp3) is 0.500. The average Bonchev–Trinajstić information content (AvgIpc) is 2.90. The molecule has 1 N–H and O–H groups in total. The van der Waals surface area contributed by atoms with Crippen LogP contribution in [0.2, 0.25) is 0 Å². The first-order chi connectivity index (χ1) is 13.5. The number of benzene rings is 1. The SMILES string of the molecule is Cc1ccc(C)c(C(=O)NCc2cc3n(n2)CCCN(C(=O)C2CCC2)C3)c1. The Morgan fingerprint density at radius 2 is 1.96 bits per heavy atom. The van der Waals surface area contributed by atoms with Gasteiger partial charge in [0.1, 0.15) is 0 Å². The number of nitrogens with one attached hydrogen (secondary N) is 1. The van der Waals surface area contributed by atoms with E-state index in [4.69, 9.17) is 0 Å². The number of aromatic nitrogens is 2. The highest BCUT2D eigenvalue weighted by Crippen LogP contribution is 2.29. The van der Waals surface area contributed by atoms with Crippen molar-refractivity contribution in [3.8, 4) is 0 Å². The van der Waals surface area contributed by atoms with Crippen molar-refractivity contribution in [1.29, 1.82) is 0 Å². The largest absolute Gasteiger partial charge is 0.346 e. The van der Waals surface area contributed by atoms with Crippen molar-refractivity contribution in [2.75, 3.05) is 6.54 Å². The summed E-state index contributed by atoms with van der Waals surface area (Å²) in [6, 6.07) is 7.92. The Kier molecular flexibility index (Phi) is 5.20. The summed E-state index contributed by atoms with van der Waals surface area (Å²) in [5.74, 6) is 0.447. The summed E-state index contributed by atoms with van der Waals surface area (Å²) < 4.78 is 1.99. The number of carbonyl (C=O) groups excluding carboxylic acids is 2. The van der Waals surface area contributed by atoms with Crippen LogP contribution in [0.4, 0.5) is 0 Å². The van der Waals surface area contributed by atoms with Crippen LogP contribution in [0.25, 0.3) is 0 Å². The number of fused-ring (bicyclic) bond motifs is 1. The summed E-state index contributed by atoms with van der Waals surface area (Å²) in [7, 11) is 0. The van der Waals surface area contributed by atoms with Crippen LogP contribution in [-0.4, -0.2) is 33.0 Å². The Bertz CT molecular complexity index is 898. The summed E-state index contributed by atoms with van der Waals surface area (Å²) in [4.78, 5) is 27.2. The Labute approximate surface area is 165 Å². The van der Waals surface area contributed by atoms with Crippen LogP contribution in [0.15, 0.2) is 24.3 Å². The van der Waals surface area contributed by atoms with Gasteiger partial charge in [-0.25, -0.2) is 0 Å². The van der Waals surface area contributed by atoms with Crippen molar-refractivity contribution in [2.45, 2.75) is 59.2 Å². The normalized spacial score (nSPS) is 16.9. The molecule has 0 unspecified atom stereocenters. The lowest BCUT2D eigenvalue weighted by atomic mass is 9.84. The average molecular weight is 380 g/mol. The molecule has 1 aliphatic heterocycles. The fourth-order valence-corrected chi connectivity index (χ4v) is 3.96. The van der Waals surface area contributed by atoms with E-state index in [0.29, 0.717) is 24.6 Å². The second-order valence-electron chi connectivity index (χ2n) is 8.09. The van der Waals surface area contributed by atoms with Crippen molar-refractivity contribution in [1.82, 2.24) is 20.0 Å². The van der Waals surface area contributed by atoms with E-state index in [-0.39, 0.29) is 11.8 Å². The van der Waals surface area contributed by atoms with Crippen LogP contribution >= 0.6 is 0 Å². The predicted octanol–water partition coefficient (Wildman–Crippen LogP) is 2.96. The van der Waals surface area contributed by atoms with Crippen LogP contribution < -0.4 is 5.32 Å². The molecule has 0 atom stereocenters. The van der Waals surface area contributed by atoms with Crippen molar-refractivity contribution in [3.63, 3.8) is 0 Å². The van der Waals surface area contributed by atoms with Crippen LogP contribution in [0.3, 0.4) is 0 Å². The van der Waals surface area contributed by atoms with Crippen molar-refractivity contribution in [3.05, 3.63) is 52.3 Å². The highest BCUT2D eigenvalue weighted by molar-refractivity contribution is 5.95. The van der Waals surface area contributed by atoms with Crippen molar-refractivity contribution in [2.24, 2.45) is 5.92 Å². The van der Waals surface area contributed by atoms with Crippen LogP contribution in [0.5, 0.6) is 0 Å². The third-order valence-corrected chi connectivity index (χ3v) is 5.90. The molecule has 0 spiro atoms. The van der Waals surface area contributed by atoms with E-state index in [0.717, 1.165) is 54.9 Å². The molecule has 4 rings (SSSR count). The molecule has 1 aromatic heterocycles. The van der Waals surface area contributed by atoms with E-state index in [9.17, 15) is 9.59 Å². The van der Waals surface area contributed by atoms with E-state index >= 15 is 0 Å². The minimum atomic E-state index is -0.0776. The summed E-state index contributed by atoms with van der Waals surface area (Å²) in [5, 5.41) is 7.64. The summed E-state index contributed by atoms with van der Waals surface area (Å²) in [6.07, 6.45) is 4.16. The molecule has 1 aliphatic carbocycles. The molecule has 1 fully saturated rings. The smallest absolute Gasteiger partial charge is 0.251 e. The maximum Gasteiger partial charge on any atom is 0.251 e. The molecule has 148 valence electrons. The van der Waals surface area contributed by atoms with Gasteiger partial charge in [-0.3, -0.25) is 14.3 Å². The Morgan fingerprint density at radius 1 is 1.14 bits per heavy atom. The van der Waals surface area contributed by atoms with E-state index in [1.165, 1.54) is 6.42 Å². The number of hydrogen-bond donors (Lipinski definition) is 1. The van der Waals surface area contributed by atoms with E-state index in [1.807, 2.05) is 47.7 Å². The molecule has 2 heterocycles. The second kappa shape index (κ2) is 7.78. The van der Waals surface area contributed by atoms with Gasteiger partial charge >= 0.3 is 0 Å². The summed E-state index contributed by atoms with van der Waals surface area (Å²) in [6.45, 7) is 6.56. The first-order valence-electron chi connectivity index (χ1n) is 10.2. The topological polar surface area (TPSA) is 67.2 Å². The zero-order chi connectivity index (χ0) is 19.7. The highest BCUT2D eigenvalue weighted by atomic mass is 16.2. The zero-order valence-electron chi connectivity index (χ0n) is 16.7. The molecule has 0 radical (unpaired) electrons. The van der Waals surface area contributed by atoms with Gasteiger partial charge in [0.25, 0.3) is 5.91 Å². The summed E-state index contributed by atoms with van der Waals surface area (Å²) in [5.41, 5.74) is 4.64. The molecule has 28 heavy (non-hydrogen) atoms. The van der Waals surface area contributed by atoms with Gasteiger partial charge in [-0.1, -0.05) is 24.1 Å². The standard InChI is InChI=1S/C22H28N4O2/c1-15-7-8-16(2)20(11-15)21(27)23-13-18-12-19-14-25(9-4-10-26(19)24-18)22(28)17-5-3-6-17/h7-8,11-12,17H,3-6,9-10,13-14H2,1-2H3,(H,23,27). The molecule has 2 aromatic rings. The van der Waals surface area contributed by atoms with Gasteiger partial charge in [0, 0.05) is 24.6 Å². The van der Waals surface area contributed by atoms with Gasteiger partial charge in [-0.2, -0.15) is 5.10 Å². The Morgan fingerprint density at radius 3 is 2.71 bits per heavy atom. The molecule has 6 nitrogen and oxygen atoms in total. The molecular weight excluding hydrogens is 352 g/mol. The monoisotopic (exact) mass is 380 g/mol. The van der Waals surface area contributed by atoms with Gasteiger partial charge in [0.15, 0.2) is 0 Å². The zero-order valence-corrected chi connectivity index (χ0v) is 16.7. The van der Waals surface area contributed by atoms with Crippen molar-refractivity contribution >= 4 is 11.8 Å². The Hall–Kier alpha value is -2.63. The number of rotatable bonds is 4. The highest BCUT2D eigenvalue weighted by Gasteiger charge is 2.30. The minimum Gasteiger partial charge on any atom is -0.346 e. The maximum atomic E-state index is 12.6. The quantitative estimate of drug-likeness (QED) is 0.887. The molecule has 1 saturated carbocycles. The number of nitrogens with zero attached hydrogens (tertiary/aromatic N) is 3. The third-order valence-electron chi connectivity index (χ3n) is 5.90.